The van der Waals surface area contributed by atoms with Crippen molar-refractivity contribution in [3.8, 4) is 34.5 Å². The molecule has 1 N–H and O–H groups in total. The molecule has 2 aromatic carbocycles. The van der Waals surface area contributed by atoms with Gasteiger partial charge in [-0.3, -0.25) is 14.9 Å². The van der Waals surface area contributed by atoms with Gasteiger partial charge in [-0.1, -0.05) is 30.3 Å². The van der Waals surface area contributed by atoms with Crippen molar-refractivity contribution in [2.75, 3.05) is 6.61 Å². The topological polar surface area (TPSA) is 135 Å². The number of pyridine rings is 1. The van der Waals surface area contributed by atoms with E-state index in [0.717, 1.165) is 5.56 Å². The number of aromatic nitrogens is 3. The van der Waals surface area contributed by atoms with Crippen LogP contribution in [0.2, 0.25) is 0 Å². The lowest BCUT2D eigenvalue weighted by Gasteiger charge is -2.11. The molecule has 34 heavy (non-hydrogen) atoms. The van der Waals surface area contributed by atoms with Crippen molar-refractivity contribution in [1.82, 2.24) is 15.0 Å². The highest BCUT2D eigenvalue weighted by Crippen LogP contribution is 2.42. The van der Waals surface area contributed by atoms with Gasteiger partial charge in [-0.05, 0) is 24.6 Å². The maximum Gasteiger partial charge on any atom is 0.269 e. The fraction of sp³-hybridized carbons (Fsp3) is 0.0833. The average Bonchev–Trinajstić information content (AvgIpc) is 3.22. The van der Waals surface area contributed by atoms with Gasteiger partial charge in [-0.15, -0.1) is 11.3 Å². The maximum atomic E-state index is 13.0. The Morgan fingerprint density at radius 2 is 1.85 bits per heavy atom. The number of ether oxygens (including phenoxy) is 1. The molecule has 166 valence electrons. The second-order valence-corrected chi connectivity index (χ2v) is 8.26. The molecule has 5 aromatic rings. The number of nitriles is 1. The SMILES string of the molecule is CCOc1nc2sc3c(=O)[nH]c(-c4ccc([N+](=O)[O-])cc4)nc3c2c(-c2ccccc2)c1C#N. The van der Waals surface area contributed by atoms with E-state index in [2.05, 4.69) is 16.0 Å². The van der Waals surface area contributed by atoms with Crippen molar-refractivity contribution in [2.45, 2.75) is 6.92 Å². The Hall–Kier alpha value is -4.62. The third kappa shape index (κ3) is 3.44. The molecule has 10 heteroatoms. The van der Waals surface area contributed by atoms with Crippen LogP contribution in [0, 0.1) is 21.4 Å². The van der Waals surface area contributed by atoms with Crippen LogP contribution in [-0.4, -0.2) is 26.5 Å². The Kier molecular flexibility index (Phi) is 5.24. The molecule has 9 nitrogen and oxygen atoms in total. The first-order valence-electron chi connectivity index (χ1n) is 10.3. The van der Waals surface area contributed by atoms with Crippen LogP contribution < -0.4 is 10.3 Å². The number of nitrogens with one attached hydrogen (secondary N) is 1. The zero-order chi connectivity index (χ0) is 23.8. The first kappa shape index (κ1) is 21.2. The molecule has 0 unspecified atom stereocenters. The number of hydrogen-bond acceptors (Lipinski definition) is 8. The van der Waals surface area contributed by atoms with Crippen LogP contribution in [0.1, 0.15) is 12.5 Å². The largest absolute Gasteiger partial charge is 0.477 e. The second-order valence-electron chi connectivity index (χ2n) is 7.26. The van der Waals surface area contributed by atoms with Crippen molar-refractivity contribution in [3.63, 3.8) is 0 Å². The maximum absolute atomic E-state index is 13.0. The van der Waals surface area contributed by atoms with E-state index in [0.29, 0.717) is 38.2 Å². The van der Waals surface area contributed by atoms with Gasteiger partial charge in [0, 0.05) is 28.6 Å². The zero-order valence-electron chi connectivity index (χ0n) is 17.7. The molecule has 3 aromatic heterocycles. The van der Waals surface area contributed by atoms with Crippen molar-refractivity contribution in [2.24, 2.45) is 0 Å². The number of H-pyrrole nitrogens is 1. The lowest BCUT2D eigenvalue weighted by atomic mass is 9.98. The highest BCUT2D eigenvalue weighted by molar-refractivity contribution is 7.25. The summed E-state index contributed by atoms with van der Waals surface area (Å²) < 4.78 is 6.02. The second kappa shape index (κ2) is 8.38. The highest BCUT2D eigenvalue weighted by atomic mass is 32.1. The molecule has 0 bridgehead atoms. The van der Waals surface area contributed by atoms with E-state index >= 15 is 0 Å². The lowest BCUT2D eigenvalue weighted by Crippen LogP contribution is -2.07. The molecule has 0 atom stereocenters. The summed E-state index contributed by atoms with van der Waals surface area (Å²) in [6.45, 7) is 2.14. The quantitative estimate of drug-likeness (QED) is 0.281. The standard InChI is InChI=1S/C24H15N5O4S/c1-2-33-23-16(12-25)17(13-6-4-3-5-7-13)18-19-20(34-24(18)28-23)22(30)27-21(26-19)14-8-10-15(11-9-14)29(31)32/h3-11H,2H2,1H3,(H,26,27,30). The number of non-ortho nitro benzene ring substituents is 1. The van der Waals surface area contributed by atoms with Gasteiger partial charge in [0.05, 0.1) is 17.0 Å². The van der Waals surface area contributed by atoms with Crippen LogP contribution >= 0.6 is 11.3 Å². The van der Waals surface area contributed by atoms with Crippen LogP contribution in [0.5, 0.6) is 5.88 Å². The van der Waals surface area contributed by atoms with Crippen LogP contribution in [0.3, 0.4) is 0 Å². The van der Waals surface area contributed by atoms with E-state index in [1.165, 1.54) is 35.6 Å². The van der Waals surface area contributed by atoms with E-state index in [4.69, 9.17) is 9.72 Å². The summed E-state index contributed by atoms with van der Waals surface area (Å²) in [5.41, 5.74) is 2.12. The third-order valence-corrected chi connectivity index (χ3v) is 6.32. The zero-order valence-corrected chi connectivity index (χ0v) is 18.5. The summed E-state index contributed by atoms with van der Waals surface area (Å²) in [7, 11) is 0. The number of hydrogen-bond donors (Lipinski definition) is 1. The fourth-order valence-corrected chi connectivity index (χ4v) is 4.79. The highest BCUT2D eigenvalue weighted by Gasteiger charge is 2.24. The molecule has 0 aliphatic carbocycles. The summed E-state index contributed by atoms with van der Waals surface area (Å²) in [6, 6.07) is 17.3. The predicted molar refractivity (Wildman–Crippen MR) is 129 cm³/mol. The first-order valence-corrected chi connectivity index (χ1v) is 11.1. The van der Waals surface area contributed by atoms with E-state index in [1.807, 2.05) is 37.3 Å². The van der Waals surface area contributed by atoms with E-state index in [9.17, 15) is 20.2 Å². The molecule has 3 heterocycles. The molecule has 0 radical (unpaired) electrons. The molecule has 0 amide bonds. The van der Waals surface area contributed by atoms with Crippen LogP contribution in [0.25, 0.3) is 42.9 Å². The van der Waals surface area contributed by atoms with Gasteiger partial charge in [-0.2, -0.15) is 5.26 Å². The Morgan fingerprint density at radius 1 is 1.12 bits per heavy atom. The summed E-state index contributed by atoms with van der Waals surface area (Å²) in [6.07, 6.45) is 0. The predicted octanol–water partition coefficient (Wildman–Crippen LogP) is 5.05. The van der Waals surface area contributed by atoms with Crippen LogP contribution in [0.4, 0.5) is 5.69 Å². The van der Waals surface area contributed by atoms with Gasteiger partial charge in [0.1, 0.15) is 27.0 Å². The third-order valence-electron chi connectivity index (χ3n) is 5.25. The molecule has 0 saturated heterocycles. The first-order chi connectivity index (χ1) is 16.5. The van der Waals surface area contributed by atoms with E-state index in [-0.39, 0.29) is 28.5 Å². The minimum absolute atomic E-state index is 0.0640. The number of benzene rings is 2. The van der Waals surface area contributed by atoms with E-state index < -0.39 is 4.92 Å². The van der Waals surface area contributed by atoms with Crippen molar-refractivity contribution >= 4 is 37.5 Å². The summed E-state index contributed by atoms with van der Waals surface area (Å²) >= 11 is 1.17. The number of fused-ring (bicyclic) bond motifs is 3. The number of nitro benzene ring substituents is 1. The molecule has 0 fully saturated rings. The van der Waals surface area contributed by atoms with E-state index in [1.54, 1.807) is 0 Å². The van der Waals surface area contributed by atoms with Crippen molar-refractivity contribution in [3.05, 3.63) is 80.6 Å². The molecule has 0 spiro atoms. The fourth-order valence-electron chi connectivity index (χ4n) is 3.78. The Morgan fingerprint density at radius 3 is 2.50 bits per heavy atom. The molecule has 0 aliphatic rings. The molecular weight excluding hydrogens is 454 g/mol. The number of nitrogens with zero attached hydrogens (tertiary/aromatic N) is 4. The van der Waals surface area contributed by atoms with Gasteiger partial charge < -0.3 is 9.72 Å². The van der Waals surface area contributed by atoms with Crippen LogP contribution in [-0.2, 0) is 0 Å². The average molecular weight is 469 g/mol. The van der Waals surface area contributed by atoms with Gasteiger partial charge in [0.15, 0.2) is 0 Å². The van der Waals surface area contributed by atoms with Gasteiger partial charge >= 0.3 is 0 Å². The minimum atomic E-state index is -0.493. The molecule has 0 saturated carbocycles. The molecule has 0 aliphatic heterocycles. The van der Waals surface area contributed by atoms with Crippen molar-refractivity contribution < 1.29 is 9.66 Å². The lowest BCUT2D eigenvalue weighted by molar-refractivity contribution is -0.384. The monoisotopic (exact) mass is 469 g/mol. The van der Waals surface area contributed by atoms with Crippen molar-refractivity contribution in [1.29, 1.82) is 5.26 Å². The molecule has 5 rings (SSSR count). The van der Waals surface area contributed by atoms with Crippen LogP contribution in [0.15, 0.2) is 59.4 Å². The normalized spacial score (nSPS) is 10.9. The Labute approximate surface area is 196 Å². The number of rotatable bonds is 5. The number of thiophene rings is 1. The minimum Gasteiger partial charge on any atom is -0.477 e. The summed E-state index contributed by atoms with van der Waals surface area (Å²) in [4.78, 5) is 36.0. The Bertz CT molecular complexity index is 1670. The smallest absolute Gasteiger partial charge is 0.269 e. The van der Waals surface area contributed by atoms with Gasteiger partial charge in [0.2, 0.25) is 5.88 Å². The number of nitro groups is 1. The van der Waals surface area contributed by atoms with Gasteiger partial charge in [0.25, 0.3) is 11.2 Å². The summed E-state index contributed by atoms with van der Waals surface area (Å²) in [5.74, 6) is 0.466. The Balaban J connectivity index is 1.86. The van der Waals surface area contributed by atoms with Gasteiger partial charge in [-0.25, -0.2) is 9.97 Å². The summed E-state index contributed by atoms with van der Waals surface area (Å²) in [5, 5.41) is 21.6. The number of aromatic amines is 1. The molecular formula is C24H15N5O4S.